The summed E-state index contributed by atoms with van der Waals surface area (Å²) in [6, 6.07) is 14.4. The highest BCUT2D eigenvalue weighted by Gasteiger charge is 2.27. The van der Waals surface area contributed by atoms with Gasteiger partial charge >= 0.3 is 0 Å². The summed E-state index contributed by atoms with van der Waals surface area (Å²) in [5.74, 6) is 0. The standard InChI is InChI=1S/C18H16N2O2S3/c1-14-10-15(11-19)6-7-18(14)25(21,22)20(12-16-4-2-8-23-16)13-17-5-3-9-24-17/h2-10H,12-13H2,1H3. The molecule has 0 bridgehead atoms. The van der Waals surface area contributed by atoms with Crippen LogP contribution in [-0.2, 0) is 23.1 Å². The molecule has 0 unspecified atom stereocenters. The summed E-state index contributed by atoms with van der Waals surface area (Å²) in [5, 5.41) is 12.9. The molecule has 2 aromatic heterocycles. The van der Waals surface area contributed by atoms with E-state index in [0.29, 0.717) is 24.2 Å². The quantitative estimate of drug-likeness (QED) is 0.629. The topological polar surface area (TPSA) is 61.2 Å². The van der Waals surface area contributed by atoms with Crippen molar-refractivity contribution in [3.63, 3.8) is 0 Å². The van der Waals surface area contributed by atoms with Gasteiger partial charge < -0.3 is 0 Å². The van der Waals surface area contributed by atoms with Crippen LogP contribution in [0.2, 0.25) is 0 Å². The van der Waals surface area contributed by atoms with Crippen molar-refractivity contribution in [1.29, 1.82) is 5.26 Å². The fourth-order valence-corrected chi connectivity index (χ4v) is 5.73. The molecule has 0 spiro atoms. The Bertz CT molecular complexity index is 949. The van der Waals surface area contributed by atoms with E-state index in [-0.39, 0.29) is 4.90 Å². The summed E-state index contributed by atoms with van der Waals surface area (Å²) < 4.78 is 28.0. The number of hydrogen-bond acceptors (Lipinski definition) is 5. The lowest BCUT2D eigenvalue weighted by Crippen LogP contribution is -2.30. The van der Waals surface area contributed by atoms with Gasteiger partial charge in [0.15, 0.2) is 0 Å². The second-order valence-corrected chi connectivity index (χ2v) is 9.49. The third-order valence-corrected chi connectivity index (χ3v) is 7.42. The molecule has 0 aliphatic rings. The third-order valence-electron chi connectivity index (χ3n) is 3.75. The van der Waals surface area contributed by atoms with Crippen LogP contribution in [0.3, 0.4) is 0 Å². The highest BCUT2D eigenvalue weighted by molar-refractivity contribution is 7.89. The Hall–Kier alpha value is -1.98. The lowest BCUT2D eigenvalue weighted by molar-refractivity contribution is 0.406. The Balaban J connectivity index is 1.99. The van der Waals surface area contributed by atoms with Crippen molar-refractivity contribution >= 4 is 32.7 Å². The highest BCUT2D eigenvalue weighted by Crippen LogP contribution is 2.26. The molecule has 0 aliphatic carbocycles. The normalized spacial score (nSPS) is 11.6. The summed E-state index contributed by atoms with van der Waals surface area (Å²) in [4.78, 5) is 2.23. The number of sulfonamides is 1. The molecule has 1 aromatic carbocycles. The van der Waals surface area contributed by atoms with Gasteiger partial charge in [-0.3, -0.25) is 0 Å². The first-order valence-electron chi connectivity index (χ1n) is 7.56. The van der Waals surface area contributed by atoms with Crippen LogP contribution in [-0.4, -0.2) is 12.7 Å². The van der Waals surface area contributed by atoms with Gasteiger partial charge in [0.2, 0.25) is 10.0 Å². The number of aryl methyl sites for hydroxylation is 1. The van der Waals surface area contributed by atoms with E-state index < -0.39 is 10.0 Å². The number of nitrogens with zero attached hydrogens (tertiary/aromatic N) is 2. The number of thiophene rings is 2. The molecule has 3 rings (SSSR count). The molecule has 0 saturated heterocycles. The highest BCUT2D eigenvalue weighted by atomic mass is 32.2. The SMILES string of the molecule is Cc1cc(C#N)ccc1S(=O)(=O)N(Cc1cccs1)Cc1cccs1. The minimum absolute atomic E-state index is 0.250. The molecule has 2 heterocycles. The Kier molecular flexibility index (Phi) is 5.35. The van der Waals surface area contributed by atoms with Gasteiger partial charge in [0, 0.05) is 22.8 Å². The van der Waals surface area contributed by atoms with Crippen molar-refractivity contribution < 1.29 is 8.42 Å². The van der Waals surface area contributed by atoms with Gasteiger partial charge in [0.1, 0.15) is 0 Å². The van der Waals surface area contributed by atoms with E-state index >= 15 is 0 Å². The predicted molar refractivity (Wildman–Crippen MR) is 101 cm³/mol. The molecule has 0 aliphatic heterocycles. The van der Waals surface area contributed by atoms with Crippen LogP contribution in [0.4, 0.5) is 0 Å². The van der Waals surface area contributed by atoms with Gasteiger partial charge in [0.05, 0.1) is 16.5 Å². The van der Waals surface area contributed by atoms with Gasteiger partial charge in [-0.2, -0.15) is 9.57 Å². The zero-order chi connectivity index (χ0) is 17.9. The minimum atomic E-state index is -3.67. The summed E-state index contributed by atoms with van der Waals surface area (Å²) in [6.45, 7) is 2.39. The largest absolute Gasteiger partial charge is 0.243 e. The summed E-state index contributed by atoms with van der Waals surface area (Å²) >= 11 is 3.08. The van der Waals surface area contributed by atoms with E-state index in [9.17, 15) is 8.42 Å². The molecule has 0 fully saturated rings. The Morgan fingerprint density at radius 3 is 2.08 bits per heavy atom. The van der Waals surface area contributed by atoms with E-state index in [4.69, 9.17) is 5.26 Å². The molecule has 7 heteroatoms. The average molecular weight is 389 g/mol. The lowest BCUT2D eigenvalue weighted by atomic mass is 10.2. The molecule has 0 atom stereocenters. The molecule has 0 amide bonds. The Morgan fingerprint density at radius 1 is 1.04 bits per heavy atom. The third kappa shape index (κ3) is 3.99. The van der Waals surface area contributed by atoms with E-state index in [2.05, 4.69) is 0 Å². The predicted octanol–water partition coefficient (Wildman–Crippen LogP) is 4.38. The van der Waals surface area contributed by atoms with Gasteiger partial charge in [-0.1, -0.05) is 12.1 Å². The maximum Gasteiger partial charge on any atom is 0.243 e. The van der Waals surface area contributed by atoms with Crippen LogP contribution in [0.15, 0.2) is 58.1 Å². The monoisotopic (exact) mass is 388 g/mol. The average Bonchev–Trinajstić information content (AvgIpc) is 3.27. The molecule has 128 valence electrons. The maximum absolute atomic E-state index is 13.3. The van der Waals surface area contributed by atoms with E-state index in [1.54, 1.807) is 19.1 Å². The van der Waals surface area contributed by atoms with Crippen LogP contribution < -0.4 is 0 Å². The number of hydrogen-bond donors (Lipinski definition) is 0. The van der Waals surface area contributed by atoms with Crippen LogP contribution >= 0.6 is 22.7 Å². The van der Waals surface area contributed by atoms with Gasteiger partial charge in [-0.05, 0) is 53.6 Å². The van der Waals surface area contributed by atoms with Crippen LogP contribution in [0, 0.1) is 18.3 Å². The number of benzene rings is 1. The second kappa shape index (κ2) is 7.50. The second-order valence-electron chi connectivity index (χ2n) is 5.52. The van der Waals surface area contributed by atoms with Crippen LogP contribution in [0.5, 0.6) is 0 Å². The van der Waals surface area contributed by atoms with Crippen molar-refractivity contribution in [2.75, 3.05) is 0 Å². The Morgan fingerprint density at radius 2 is 1.64 bits per heavy atom. The Labute approximate surface area is 155 Å². The zero-order valence-electron chi connectivity index (χ0n) is 13.5. The van der Waals surface area contributed by atoms with Crippen molar-refractivity contribution in [2.24, 2.45) is 0 Å². The van der Waals surface area contributed by atoms with E-state index in [1.807, 2.05) is 41.1 Å². The van der Waals surface area contributed by atoms with Crippen LogP contribution in [0.1, 0.15) is 20.9 Å². The first-order valence-corrected chi connectivity index (χ1v) is 10.8. The molecule has 4 nitrogen and oxygen atoms in total. The molecule has 3 aromatic rings. The maximum atomic E-state index is 13.3. The molecule has 25 heavy (non-hydrogen) atoms. The summed E-state index contributed by atoms with van der Waals surface area (Å²) in [7, 11) is -3.67. The van der Waals surface area contributed by atoms with E-state index in [1.165, 1.54) is 33.0 Å². The van der Waals surface area contributed by atoms with Crippen molar-refractivity contribution in [3.05, 3.63) is 74.1 Å². The minimum Gasteiger partial charge on any atom is -0.207 e. The first-order chi connectivity index (χ1) is 12.0. The summed E-state index contributed by atoms with van der Waals surface area (Å²) in [6.07, 6.45) is 0. The molecular formula is C18H16N2O2S3. The number of nitriles is 1. The number of rotatable bonds is 6. The van der Waals surface area contributed by atoms with Crippen LogP contribution in [0.25, 0.3) is 0 Å². The zero-order valence-corrected chi connectivity index (χ0v) is 16.0. The van der Waals surface area contributed by atoms with Crippen molar-refractivity contribution in [3.8, 4) is 6.07 Å². The van der Waals surface area contributed by atoms with Gasteiger partial charge in [0.25, 0.3) is 0 Å². The van der Waals surface area contributed by atoms with Crippen molar-refractivity contribution in [1.82, 2.24) is 4.31 Å². The molecule has 0 saturated carbocycles. The molecular weight excluding hydrogens is 372 g/mol. The van der Waals surface area contributed by atoms with E-state index in [0.717, 1.165) is 9.75 Å². The first kappa shape index (κ1) is 17.8. The lowest BCUT2D eigenvalue weighted by Gasteiger charge is -2.22. The van der Waals surface area contributed by atoms with Crippen molar-refractivity contribution in [2.45, 2.75) is 24.9 Å². The fraction of sp³-hybridized carbons (Fsp3) is 0.167. The van der Waals surface area contributed by atoms with Gasteiger partial charge in [-0.25, -0.2) is 8.42 Å². The fourth-order valence-electron chi connectivity index (χ4n) is 2.53. The molecule has 0 radical (unpaired) electrons. The molecule has 0 N–H and O–H groups in total. The smallest absolute Gasteiger partial charge is 0.207 e. The summed E-state index contributed by atoms with van der Waals surface area (Å²) in [5.41, 5.74) is 1.04. The van der Waals surface area contributed by atoms with Gasteiger partial charge in [-0.15, -0.1) is 22.7 Å².